The molecule has 0 fully saturated rings. The van der Waals surface area contributed by atoms with E-state index in [9.17, 15) is 19.5 Å². The third-order valence-corrected chi connectivity index (χ3v) is 2.88. The smallest absolute Gasteiger partial charge is 0.284 e. The highest BCUT2D eigenvalue weighted by Gasteiger charge is 2.17. The van der Waals surface area contributed by atoms with Crippen molar-refractivity contribution in [3.63, 3.8) is 0 Å². The maximum absolute atomic E-state index is 12.2. The zero-order chi connectivity index (χ0) is 15.6. The maximum atomic E-state index is 12.2. The van der Waals surface area contributed by atoms with Crippen LogP contribution in [0.25, 0.3) is 0 Å². The number of nitrogens with zero attached hydrogens (tertiary/aromatic N) is 2. The molecule has 0 aliphatic carbocycles. The second kappa shape index (κ2) is 5.58. The second-order valence-electron chi connectivity index (χ2n) is 4.42. The first-order valence-corrected chi connectivity index (χ1v) is 6.09. The van der Waals surface area contributed by atoms with Crippen LogP contribution in [-0.4, -0.2) is 26.5 Å². The Morgan fingerprint density at radius 1 is 1.29 bits per heavy atom. The van der Waals surface area contributed by atoms with Gasteiger partial charge in [0.15, 0.2) is 5.78 Å². The predicted octanol–water partition coefficient (Wildman–Crippen LogP) is 0.844. The highest BCUT2D eigenvalue weighted by atomic mass is 16.3. The number of rotatable bonds is 3. The van der Waals surface area contributed by atoms with Gasteiger partial charge in [-0.15, -0.1) is 0 Å². The SMILES string of the molecule is CC(=O)c1c(O)cc(C)n(NC(=O)c2ccncc2)c1=O. The summed E-state index contributed by atoms with van der Waals surface area (Å²) in [6.07, 6.45) is 2.89. The topological polar surface area (TPSA) is 101 Å². The van der Waals surface area contributed by atoms with Crippen LogP contribution < -0.4 is 11.0 Å². The number of pyridine rings is 2. The Balaban J connectivity index is 2.46. The Morgan fingerprint density at radius 2 is 1.90 bits per heavy atom. The normalized spacial score (nSPS) is 10.2. The van der Waals surface area contributed by atoms with Crippen LogP contribution in [0, 0.1) is 6.92 Å². The van der Waals surface area contributed by atoms with Crippen molar-refractivity contribution in [2.24, 2.45) is 0 Å². The summed E-state index contributed by atoms with van der Waals surface area (Å²) >= 11 is 0. The standard InChI is InChI=1S/C14H13N3O4/c1-8-7-11(19)12(9(2)18)14(21)17(8)16-13(20)10-3-5-15-6-4-10/h3-7,19H,1-2H3,(H,16,20). The van der Waals surface area contributed by atoms with E-state index in [0.29, 0.717) is 11.3 Å². The monoisotopic (exact) mass is 287 g/mol. The Morgan fingerprint density at radius 3 is 2.48 bits per heavy atom. The Bertz CT molecular complexity index is 766. The molecular formula is C14H13N3O4. The lowest BCUT2D eigenvalue weighted by atomic mass is 10.1. The number of amides is 1. The average molecular weight is 287 g/mol. The molecule has 0 saturated heterocycles. The summed E-state index contributed by atoms with van der Waals surface area (Å²) in [5, 5.41) is 9.66. The zero-order valence-electron chi connectivity index (χ0n) is 11.5. The molecule has 2 aromatic heterocycles. The Kier molecular flexibility index (Phi) is 3.84. The summed E-state index contributed by atoms with van der Waals surface area (Å²) in [4.78, 5) is 39.4. The summed E-state index contributed by atoms with van der Waals surface area (Å²) in [7, 11) is 0. The van der Waals surface area contributed by atoms with Crippen molar-refractivity contribution in [1.82, 2.24) is 9.66 Å². The first-order chi connectivity index (χ1) is 9.91. The van der Waals surface area contributed by atoms with Gasteiger partial charge in [0.1, 0.15) is 11.3 Å². The van der Waals surface area contributed by atoms with E-state index in [1.807, 2.05) is 0 Å². The quantitative estimate of drug-likeness (QED) is 0.815. The van der Waals surface area contributed by atoms with Crippen molar-refractivity contribution >= 4 is 11.7 Å². The molecule has 2 heterocycles. The number of hydrogen-bond acceptors (Lipinski definition) is 5. The lowest BCUT2D eigenvalue weighted by Crippen LogP contribution is -2.37. The zero-order valence-corrected chi connectivity index (χ0v) is 11.5. The lowest BCUT2D eigenvalue weighted by molar-refractivity contribution is 0.0992. The number of carbonyl (C=O) groups is 2. The van der Waals surface area contributed by atoms with E-state index in [0.717, 1.165) is 4.68 Å². The molecule has 0 bridgehead atoms. The van der Waals surface area contributed by atoms with Crippen molar-refractivity contribution in [1.29, 1.82) is 0 Å². The van der Waals surface area contributed by atoms with Gasteiger partial charge in [-0.05, 0) is 26.0 Å². The molecule has 0 aliphatic heterocycles. The minimum absolute atomic E-state index is 0.296. The molecular weight excluding hydrogens is 274 g/mol. The molecule has 108 valence electrons. The maximum Gasteiger partial charge on any atom is 0.284 e. The van der Waals surface area contributed by atoms with Gasteiger partial charge in [0, 0.05) is 29.7 Å². The lowest BCUT2D eigenvalue weighted by Gasteiger charge is -2.13. The fourth-order valence-corrected chi connectivity index (χ4v) is 1.86. The molecule has 1 amide bonds. The van der Waals surface area contributed by atoms with Gasteiger partial charge in [0.05, 0.1) is 0 Å². The number of nitrogens with one attached hydrogen (secondary N) is 1. The first-order valence-electron chi connectivity index (χ1n) is 6.09. The van der Waals surface area contributed by atoms with Crippen LogP contribution in [0.1, 0.15) is 33.3 Å². The molecule has 0 radical (unpaired) electrons. The molecule has 0 atom stereocenters. The number of carbonyl (C=O) groups excluding carboxylic acids is 2. The van der Waals surface area contributed by atoms with Crippen LogP contribution >= 0.6 is 0 Å². The summed E-state index contributed by atoms with van der Waals surface area (Å²) in [5.74, 6) is -1.51. The second-order valence-corrected chi connectivity index (χ2v) is 4.42. The molecule has 2 aromatic rings. The van der Waals surface area contributed by atoms with Gasteiger partial charge in [0.25, 0.3) is 11.5 Å². The van der Waals surface area contributed by atoms with Gasteiger partial charge in [-0.3, -0.25) is 24.8 Å². The molecule has 7 heteroatoms. The number of aromatic hydroxyl groups is 1. The van der Waals surface area contributed by atoms with Crippen molar-refractivity contribution in [2.75, 3.05) is 5.43 Å². The van der Waals surface area contributed by atoms with Crippen molar-refractivity contribution in [2.45, 2.75) is 13.8 Å². The molecule has 21 heavy (non-hydrogen) atoms. The minimum Gasteiger partial charge on any atom is -0.507 e. The van der Waals surface area contributed by atoms with E-state index in [2.05, 4.69) is 10.4 Å². The predicted molar refractivity (Wildman–Crippen MR) is 75.0 cm³/mol. The van der Waals surface area contributed by atoms with Crippen molar-refractivity contribution in [3.8, 4) is 5.75 Å². The molecule has 0 saturated carbocycles. The fraction of sp³-hybridized carbons (Fsp3) is 0.143. The number of Topliss-reactive ketones (excluding diaryl/α,β-unsaturated/α-hetero) is 1. The van der Waals surface area contributed by atoms with E-state index in [1.54, 1.807) is 0 Å². The summed E-state index contributed by atoms with van der Waals surface area (Å²) in [6, 6.07) is 4.22. The highest BCUT2D eigenvalue weighted by molar-refractivity contribution is 6.00. The van der Waals surface area contributed by atoms with Gasteiger partial charge in [-0.1, -0.05) is 0 Å². The molecule has 0 aromatic carbocycles. The molecule has 2 rings (SSSR count). The molecule has 0 unspecified atom stereocenters. The van der Waals surface area contributed by atoms with Crippen LogP contribution in [0.3, 0.4) is 0 Å². The summed E-state index contributed by atoms with van der Waals surface area (Å²) in [5.41, 5.74) is 1.86. The largest absolute Gasteiger partial charge is 0.507 e. The summed E-state index contributed by atoms with van der Waals surface area (Å²) in [6.45, 7) is 2.69. The van der Waals surface area contributed by atoms with E-state index >= 15 is 0 Å². The minimum atomic E-state index is -0.776. The van der Waals surface area contributed by atoms with Gasteiger partial charge in [-0.2, -0.15) is 0 Å². The van der Waals surface area contributed by atoms with Crippen molar-refractivity contribution in [3.05, 3.63) is 57.8 Å². The third-order valence-electron chi connectivity index (χ3n) is 2.88. The van der Waals surface area contributed by atoms with Gasteiger partial charge in [-0.25, -0.2) is 4.68 Å². The highest BCUT2D eigenvalue weighted by Crippen LogP contribution is 2.14. The molecule has 2 N–H and O–H groups in total. The van der Waals surface area contributed by atoms with E-state index in [4.69, 9.17) is 0 Å². The van der Waals surface area contributed by atoms with Crippen LogP contribution in [0.15, 0.2) is 35.4 Å². The van der Waals surface area contributed by atoms with Crippen LogP contribution in [0.4, 0.5) is 0 Å². The van der Waals surface area contributed by atoms with Crippen LogP contribution in [-0.2, 0) is 0 Å². The molecule has 0 spiro atoms. The molecule has 7 nitrogen and oxygen atoms in total. The van der Waals surface area contributed by atoms with E-state index in [1.165, 1.54) is 44.4 Å². The third kappa shape index (κ3) is 2.81. The number of ketones is 1. The van der Waals surface area contributed by atoms with E-state index < -0.39 is 23.0 Å². The Labute approximate surface area is 119 Å². The van der Waals surface area contributed by atoms with Gasteiger partial charge >= 0.3 is 0 Å². The van der Waals surface area contributed by atoms with Crippen LogP contribution in [0.2, 0.25) is 0 Å². The average Bonchev–Trinajstić information content (AvgIpc) is 2.43. The first kappa shape index (κ1) is 14.4. The van der Waals surface area contributed by atoms with Gasteiger partial charge < -0.3 is 5.11 Å². The van der Waals surface area contributed by atoms with E-state index in [-0.39, 0.29) is 5.56 Å². The van der Waals surface area contributed by atoms with Crippen LogP contribution in [0.5, 0.6) is 5.75 Å². The van der Waals surface area contributed by atoms with Crippen molar-refractivity contribution < 1.29 is 14.7 Å². The Hall–Kier alpha value is -2.96. The number of aromatic nitrogens is 2. The fourth-order valence-electron chi connectivity index (χ4n) is 1.86. The summed E-state index contributed by atoms with van der Waals surface area (Å²) < 4.78 is 0.930. The number of aryl methyl sites for hydroxylation is 1. The molecule has 0 aliphatic rings. The number of hydrogen-bond donors (Lipinski definition) is 2. The van der Waals surface area contributed by atoms with Gasteiger partial charge in [0.2, 0.25) is 0 Å².